The van der Waals surface area contributed by atoms with Gasteiger partial charge in [-0.05, 0) is 6.07 Å². The van der Waals surface area contributed by atoms with Crippen molar-refractivity contribution < 1.29 is 4.74 Å². The van der Waals surface area contributed by atoms with Gasteiger partial charge in [0, 0.05) is 43.2 Å². The molecule has 0 unspecified atom stereocenters. The van der Waals surface area contributed by atoms with Gasteiger partial charge in [-0.25, -0.2) is 9.50 Å². The van der Waals surface area contributed by atoms with Crippen molar-refractivity contribution in [1.29, 1.82) is 0 Å². The molecule has 0 N–H and O–H groups in total. The third-order valence-electron chi connectivity index (χ3n) is 3.93. The van der Waals surface area contributed by atoms with Crippen molar-refractivity contribution in [3.05, 3.63) is 43.4 Å². The topological polar surface area (TPSA) is 62.2 Å². The minimum atomic E-state index is 0.764. The number of ether oxygens (including phenoxy) is 1. The van der Waals surface area contributed by atoms with E-state index in [-0.39, 0.29) is 0 Å². The highest BCUT2D eigenvalue weighted by Gasteiger charge is 2.16. The van der Waals surface area contributed by atoms with Gasteiger partial charge in [-0.2, -0.15) is 10.2 Å². The van der Waals surface area contributed by atoms with E-state index < -0.39 is 0 Å². The molecule has 4 rings (SSSR count). The first kappa shape index (κ1) is 13.6. The SMILES string of the molecule is COc1cc(-c2cnn(C)c2)cn2ncc(-c3cncn3C)c12. The number of aryl methyl sites for hydroxylation is 2. The molecule has 0 amide bonds. The van der Waals surface area contributed by atoms with Gasteiger partial charge in [0.05, 0.1) is 37.7 Å². The van der Waals surface area contributed by atoms with Crippen molar-refractivity contribution in [1.82, 2.24) is 28.9 Å². The largest absolute Gasteiger partial charge is 0.494 e. The van der Waals surface area contributed by atoms with Crippen LogP contribution in [-0.2, 0) is 14.1 Å². The number of rotatable bonds is 3. The van der Waals surface area contributed by atoms with Gasteiger partial charge in [0.15, 0.2) is 0 Å². The van der Waals surface area contributed by atoms with E-state index in [0.717, 1.165) is 33.7 Å². The lowest BCUT2D eigenvalue weighted by Crippen LogP contribution is -1.95. The van der Waals surface area contributed by atoms with Crippen LogP contribution in [0.3, 0.4) is 0 Å². The zero-order valence-electron chi connectivity index (χ0n) is 13.1. The van der Waals surface area contributed by atoms with Crippen molar-refractivity contribution in [2.45, 2.75) is 0 Å². The molecule has 0 atom stereocenters. The number of hydrogen-bond donors (Lipinski definition) is 0. The second kappa shape index (κ2) is 4.98. The summed E-state index contributed by atoms with van der Waals surface area (Å²) in [7, 11) is 5.53. The number of nitrogens with zero attached hydrogens (tertiary/aromatic N) is 6. The standard InChI is InChI=1S/C16H16N6O/c1-20-10-17-7-14(20)13-6-19-22-9-11(4-15(23-3)16(13)22)12-5-18-21(2)8-12/h4-10H,1-3H3. The van der Waals surface area contributed by atoms with E-state index in [1.165, 1.54) is 0 Å². The molecule has 0 aliphatic carbocycles. The average molecular weight is 308 g/mol. The number of hydrogen-bond acceptors (Lipinski definition) is 4. The Balaban J connectivity index is 1.96. The molecule has 23 heavy (non-hydrogen) atoms. The maximum Gasteiger partial charge on any atom is 0.145 e. The Hall–Kier alpha value is -3.09. The fraction of sp³-hybridized carbons (Fsp3) is 0.188. The smallest absolute Gasteiger partial charge is 0.145 e. The van der Waals surface area contributed by atoms with Gasteiger partial charge in [-0.15, -0.1) is 0 Å². The van der Waals surface area contributed by atoms with Crippen LogP contribution in [0.25, 0.3) is 27.9 Å². The Labute approximate surface area is 132 Å². The van der Waals surface area contributed by atoms with Crippen molar-refractivity contribution in [2.75, 3.05) is 7.11 Å². The summed E-state index contributed by atoms with van der Waals surface area (Å²) in [6.07, 6.45) is 11.2. The molecule has 7 heteroatoms. The fourth-order valence-electron chi connectivity index (χ4n) is 2.77. The summed E-state index contributed by atoms with van der Waals surface area (Å²) in [5.41, 5.74) is 4.92. The predicted octanol–water partition coefficient (Wildman–Crippen LogP) is 2.14. The van der Waals surface area contributed by atoms with Crippen LogP contribution >= 0.6 is 0 Å². The summed E-state index contributed by atoms with van der Waals surface area (Å²) >= 11 is 0. The van der Waals surface area contributed by atoms with E-state index in [4.69, 9.17) is 4.74 Å². The summed E-state index contributed by atoms with van der Waals surface area (Å²) in [4.78, 5) is 4.18. The second-order valence-corrected chi connectivity index (χ2v) is 5.44. The van der Waals surface area contributed by atoms with Crippen LogP contribution in [0.1, 0.15) is 0 Å². The Bertz CT molecular complexity index is 993. The van der Waals surface area contributed by atoms with Crippen LogP contribution in [0.4, 0.5) is 0 Å². The van der Waals surface area contributed by atoms with Gasteiger partial charge in [0.2, 0.25) is 0 Å². The van der Waals surface area contributed by atoms with Crippen LogP contribution in [0, 0.1) is 0 Å². The van der Waals surface area contributed by atoms with Gasteiger partial charge in [-0.3, -0.25) is 4.68 Å². The molecule has 0 aliphatic rings. The summed E-state index contributed by atoms with van der Waals surface area (Å²) < 4.78 is 11.2. The Kier molecular flexibility index (Phi) is 2.94. The molecule has 0 spiro atoms. The maximum atomic E-state index is 5.62. The molecule has 4 aromatic rings. The zero-order chi connectivity index (χ0) is 16.0. The van der Waals surface area contributed by atoms with Gasteiger partial charge < -0.3 is 9.30 Å². The van der Waals surface area contributed by atoms with Crippen LogP contribution in [0.15, 0.2) is 43.4 Å². The Morgan fingerprint density at radius 2 is 1.87 bits per heavy atom. The molecule has 116 valence electrons. The van der Waals surface area contributed by atoms with Gasteiger partial charge >= 0.3 is 0 Å². The molecule has 0 bridgehead atoms. The molecule has 0 saturated heterocycles. The van der Waals surface area contributed by atoms with Crippen molar-refractivity contribution >= 4 is 5.52 Å². The monoisotopic (exact) mass is 308 g/mol. The van der Waals surface area contributed by atoms with Crippen LogP contribution in [0.2, 0.25) is 0 Å². The predicted molar refractivity (Wildman–Crippen MR) is 86.1 cm³/mol. The number of fused-ring (bicyclic) bond motifs is 1. The molecular weight excluding hydrogens is 292 g/mol. The van der Waals surface area contributed by atoms with Crippen LogP contribution in [0.5, 0.6) is 5.75 Å². The molecule has 0 aliphatic heterocycles. The molecule has 7 nitrogen and oxygen atoms in total. The van der Waals surface area contributed by atoms with E-state index in [9.17, 15) is 0 Å². The van der Waals surface area contributed by atoms with E-state index in [0.29, 0.717) is 0 Å². The molecular formula is C16H16N6O. The summed E-state index contributed by atoms with van der Waals surface area (Å²) in [6.45, 7) is 0. The van der Waals surface area contributed by atoms with Gasteiger partial charge in [0.25, 0.3) is 0 Å². The highest BCUT2D eigenvalue weighted by Crippen LogP contribution is 2.34. The Morgan fingerprint density at radius 3 is 2.52 bits per heavy atom. The summed E-state index contributed by atoms with van der Waals surface area (Å²) in [6, 6.07) is 2.01. The lowest BCUT2D eigenvalue weighted by molar-refractivity contribution is 0.418. The van der Waals surface area contributed by atoms with E-state index in [1.807, 2.05) is 60.2 Å². The molecule has 0 aromatic carbocycles. The van der Waals surface area contributed by atoms with Crippen LogP contribution in [-0.4, -0.2) is 36.1 Å². The second-order valence-electron chi connectivity index (χ2n) is 5.44. The first-order valence-electron chi connectivity index (χ1n) is 7.18. The Morgan fingerprint density at radius 1 is 1.00 bits per heavy atom. The van der Waals surface area contributed by atoms with Gasteiger partial charge in [0.1, 0.15) is 11.3 Å². The minimum Gasteiger partial charge on any atom is -0.494 e. The van der Waals surface area contributed by atoms with Crippen molar-refractivity contribution in [3.8, 4) is 28.1 Å². The third-order valence-corrected chi connectivity index (χ3v) is 3.93. The van der Waals surface area contributed by atoms with Crippen molar-refractivity contribution in [2.24, 2.45) is 14.1 Å². The summed E-state index contributed by atoms with van der Waals surface area (Å²) in [5, 5.41) is 8.71. The lowest BCUT2D eigenvalue weighted by Gasteiger charge is -2.08. The third kappa shape index (κ3) is 2.09. The molecule has 0 fully saturated rings. The normalized spacial score (nSPS) is 11.3. The van der Waals surface area contributed by atoms with E-state index in [1.54, 1.807) is 18.1 Å². The number of pyridine rings is 1. The van der Waals surface area contributed by atoms with Crippen molar-refractivity contribution in [3.63, 3.8) is 0 Å². The quantitative estimate of drug-likeness (QED) is 0.582. The first-order chi connectivity index (χ1) is 11.2. The number of aromatic nitrogens is 6. The molecule has 4 heterocycles. The molecule has 0 saturated carbocycles. The average Bonchev–Trinajstić information content (AvgIpc) is 3.25. The van der Waals surface area contributed by atoms with Crippen LogP contribution < -0.4 is 4.74 Å². The fourth-order valence-corrected chi connectivity index (χ4v) is 2.77. The highest BCUT2D eigenvalue weighted by atomic mass is 16.5. The first-order valence-corrected chi connectivity index (χ1v) is 7.18. The lowest BCUT2D eigenvalue weighted by atomic mass is 10.1. The molecule has 0 radical (unpaired) electrons. The highest BCUT2D eigenvalue weighted by molar-refractivity contribution is 5.84. The molecule has 4 aromatic heterocycles. The maximum absolute atomic E-state index is 5.62. The van der Waals surface area contributed by atoms with E-state index >= 15 is 0 Å². The minimum absolute atomic E-state index is 0.764. The zero-order valence-corrected chi connectivity index (χ0v) is 13.1. The summed E-state index contributed by atoms with van der Waals surface area (Å²) in [5.74, 6) is 0.764. The number of methoxy groups -OCH3 is 1. The van der Waals surface area contributed by atoms with Gasteiger partial charge in [-0.1, -0.05) is 0 Å². The van der Waals surface area contributed by atoms with E-state index in [2.05, 4.69) is 15.2 Å². The number of imidazole rings is 1.